The van der Waals surface area contributed by atoms with Crippen LogP contribution < -0.4 is 10.5 Å². The van der Waals surface area contributed by atoms with E-state index in [0.29, 0.717) is 31.1 Å². The molecule has 8 nitrogen and oxygen atoms in total. The lowest BCUT2D eigenvalue weighted by atomic mass is 10.0. The Balaban J connectivity index is 1.47. The molecular formula is C18H24N6O2. The summed E-state index contributed by atoms with van der Waals surface area (Å²) in [6.45, 7) is 1.76. The van der Waals surface area contributed by atoms with E-state index in [1.807, 2.05) is 21.8 Å². The number of likely N-dealkylation sites (tertiary alicyclic amines) is 1. The summed E-state index contributed by atoms with van der Waals surface area (Å²) in [6, 6.07) is 2.24. The van der Waals surface area contributed by atoms with Crippen molar-refractivity contribution in [2.24, 2.45) is 5.73 Å². The van der Waals surface area contributed by atoms with Gasteiger partial charge in [0.2, 0.25) is 5.88 Å². The van der Waals surface area contributed by atoms with E-state index < -0.39 is 0 Å². The number of ether oxygens (including phenoxy) is 1. The predicted octanol–water partition coefficient (Wildman–Crippen LogP) is 1.11. The van der Waals surface area contributed by atoms with E-state index in [2.05, 4.69) is 15.3 Å². The van der Waals surface area contributed by atoms with Crippen molar-refractivity contribution in [3.63, 3.8) is 0 Å². The lowest BCUT2D eigenvalue weighted by Gasteiger charge is -2.32. The summed E-state index contributed by atoms with van der Waals surface area (Å²) in [7, 11) is 1.58. The first kappa shape index (κ1) is 17.0. The van der Waals surface area contributed by atoms with Gasteiger partial charge in [-0.25, -0.2) is 9.67 Å². The Bertz CT molecular complexity index is 810. The maximum absolute atomic E-state index is 13.0. The number of amides is 1. The number of aryl methyl sites for hydroxylation is 2. The molecule has 0 bridgehead atoms. The molecule has 26 heavy (non-hydrogen) atoms. The molecule has 2 aromatic rings. The molecule has 3 heterocycles. The number of hydrogen-bond acceptors (Lipinski definition) is 6. The van der Waals surface area contributed by atoms with Crippen molar-refractivity contribution in [3.05, 3.63) is 34.8 Å². The molecule has 4 rings (SSSR count). The SMILES string of the molecule is COc1nc2c(cc1C(=O)N1CCC(n3cc(CN)nn3)CC1)CCC2. The fourth-order valence-electron chi connectivity index (χ4n) is 3.85. The fraction of sp³-hybridized carbons (Fsp3) is 0.556. The average Bonchev–Trinajstić information content (AvgIpc) is 3.35. The van der Waals surface area contributed by atoms with E-state index in [-0.39, 0.29) is 11.9 Å². The summed E-state index contributed by atoms with van der Waals surface area (Å²) in [5, 5.41) is 8.21. The predicted molar refractivity (Wildman–Crippen MR) is 94.9 cm³/mol. The number of carbonyl (C=O) groups excluding carboxylic acids is 1. The molecule has 0 radical (unpaired) electrons. The van der Waals surface area contributed by atoms with Crippen molar-refractivity contribution in [2.45, 2.75) is 44.7 Å². The molecule has 1 saturated heterocycles. The van der Waals surface area contributed by atoms with E-state index in [1.165, 1.54) is 5.56 Å². The minimum atomic E-state index is 0.00346. The van der Waals surface area contributed by atoms with E-state index in [9.17, 15) is 4.79 Å². The normalized spacial score (nSPS) is 17.4. The Kier molecular flexibility index (Phi) is 4.58. The molecule has 2 aromatic heterocycles. The van der Waals surface area contributed by atoms with Crippen LogP contribution in [0.4, 0.5) is 0 Å². The Morgan fingerprint density at radius 2 is 2.15 bits per heavy atom. The quantitative estimate of drug-likeness (QED) is 0.881. The third-order valence-corrected chi connectivity index (χ3v) is 5.33. The number of rotatable bonds is 4. The summed E-state index contributed by atoms with van der Waals surface area (Å²) >= 11 is 0. The van der Waals surface area contributed by atoms with Gasteiger partial charge < -0.3 is 15.4 Å². The molecule has 1 aliphatic heterocycles. The molecule has 0 aromatic carbocycles. The van der Waals surface area contributed by atoms with Crippen LogP contribution in [0, 0.1) is 0 Å². The van der Waals surface area contributed by atoms with Crippen LogP contribution in [0.25, 0.3) is 0 Å². The number of hydrogen-bond donors (Lipinski definition) is 1. The molecule has 138 valence electrons. The van der Waals surface area contributed by atoms with Gasteiger partial charge in [0.05, 0.1) is 25.0 Å². The summed E-state index contributed by atoms with van der Waals surface area (Å²) in [6.07, 6.45) is 6.64. The van der Waals surface area contributed by atoms with Crippen LogP contribution in [0.5, 0.6) is 5.88 Å². The zero-order valence-corrected chi connectivity index (χ0v) is 15.0. The smallest absolute Gasteiger partial charge is 0.259 e. The lowest BCUT2D eigenvalue weighted by molar-refractivity contribution is 0.0685. The van der Waals surface area contributed by atoms with Crippen molar-refractivity contribution in [1.82, 2.24) is 24.9 Å². The number of nitrogens with zero attached hydrogens (tertiary/aromatic N) is 5. The molecule has 0 atom stereocenters. The maximum atomic E-state index is 13.0. The minimum absolute atomic E-state index is 0.00346. The minimum Gasteiger partial charge on any atom is -0.480 e. The Labute approximate surface area is 152 Å². The van der Waals surface area contributed by atoms with Gasteiger partial charge in [-0.1, -0.05) is 5.21 Å². The van der Waals surface area contributed by atoms with Crippen LogP contribution in [0.3, 0.4) is 0 Å². The number of fused-ring (bicyclic) bond motifs is 1. The third kappa shape index (κ3) is 3.05. The highest BCUT2D eigenvalue weighted by molar-refractivity contribution is 5.96. The van der Waals surface area contributed by atoms with Gasteiger partial charge >= 0.3 is 0 Å². The van der Waals surface area contributed by atoms with E-state index in [1.54, 1.807) is 7.11 Å². The third-order valence-electron chi connectivity index (χ3n) is 5.33. The van der Waals surface area contributed by atoms with Crippen LogP contribution in [0.15, 0.2) is 12.3 Å². The Morgan fingerprint density at radius 3 is 2.85 bits per heavy atom. The van der Waals surface area contributed by atoms with Crippen LogP contribution >= 0.6 is 0 Å². The highest BCUT2D eigenvalue weighted by atomic mass is 16.5. The largest absolute Gasteiger partial charge is 0.480 e. The first-order valence-electron chi connectivity index (χ1n) is 9.16. The van der Waals surface area contributed by atoms with Crippen LogP contribution in [0.2, 0.25) is 0 Å². The lowest BCUT2D eigenvalue weighted by Crippen LogP contribution is -2.39. The van der Waals surface area contributed by atoms with Crippen molar-refractivity contribution in [1.29, 1.82) is 0 Å². The zero-order valence-electron chi connectivity index (χ0n) is 15.0. The highest BCUT2D eigenvalue weighted by Gasteiger charge is 2.28. The van der Waals surface area contributed by atoms with Crippen molar-refractivity contribution < 1.29 is 9.53 Å². The van der Waals surface area contributed by atoms with Gasteiger partial charge in [-0.05, 0) is 43.7 Å². The summed E-state index contributed by atoms with van der Waals surface area (Å²) < 4.78 is 7.27. The number of methoxy groups -OCH3 is 1. The number of carbonyl (C=O) groups is 1. The summed E-state index contributed by atoms with van der Waals surface area (Å²) in [5.74, 6) is 0.449. The van der Waals surface area contributed by atoms with Gasteiger partial charge in [0.25, 0.3) is 5.91 Å². The molecule has 1 aliphatic carbocycles. The monoisotopic (exact) mass is 356 g/mol. The van der Waals surface area contributed by atoms with E-state index >= 15 is 0 Å². The van der Waals surface area contributed by atoms with Crippen LogP contribution in [-0.2, 0) is 19.4 Å². The first-order valence-corrected chi connectivity index (χ1v) is 9.16. The van der Waals surface area contributed by atoms with Gasteiger partial charge in [0, 0.05) is 25.3 Å². The van der Waals surface area contributed by atoms with Crippen molar-refractivity contribution >= 4 is 5.91 Å². The summed E-state index contributed by atoms with van der Waals surface area (Å²) in [5.41, 5.74) is 9.22. The van der Waals surface area contributed by atoms with Gasteiger partial charge in [-0.2, -0.15) is 0 Å². The number of aromatic nitrogens is 4. The second kappa shape index (κ2) is 7.03. The first-order chi connectivity index (χ1) is 12.7. The van der Waals surface area contributed by atoms with Gasteiger partial charge in [-0.15, -0.1) is 5.10 Å². The number of piperidine rings is 1. The highest BCUT2D eigenvalue weighted by Crippen LogP contribution is 2.29. The van der Waals surface area contributed by atoms with E-state index in [0.717, 1.165) is 43.5 Å². The zero-order chi connectivity index (χ0) is 18.1. The standard InChI is InChI=1S/C18H24N6O2/c1-26-17-15(9-12-3-2-4-16(12)20-17)18(25)23-7-5-14(6-8-23)24-11-13(10-19)21-22-24/h9,11,14H,2-8,10,19H2,1H3. The molecule has 1 amide bonds. The van der Waals surface area contributed by atoms with Crippen molar-refractivity contribution in [3.8, 4) is 5.88 Å². The Morgan fingerprint density at radius 1 is 1.35 bits per heavy atom. The molecular weight excluding hydrogens is 332 g/mol. The molecule has 2 N–H and O–H groups in total. The maximum Gasteiger partial charge on any atom is 0.259 e. The average molecular weight is 356 g/mol. The molecule has 0 unspecified atom stereocenters. The van der Waals surface area contributed by atoms with Gasteiger partial charge in [0.1, 0.15) is 5.56 Å². The van der Waals surface area contributed by atoms with E-state index in [4.69, 9.17) is 10.5 Å². The second-order valence-electron chi connectivity index (χ2n) is 6.92. The van der Waals surface area contributed by atoms with Gasteiger partial charge in [-0.3, -0.25) is 4.79 Å². The molecule has 8 heteroatoms. The number of pyridine rings is 1. The molecule has 0 spiro atoms. The Hall–Kier alpha value is -2.48. The number of nitrogens with two attached hydrogens (primary N) is 1. The second-order valence-corrected chi connectivity index (χ2v) is 6.92. The van der Waals surface area contributed by atoms with Crippen LogP contribution in [-0.4, -0.2) is 51.0 Å². The summed E-state index contributed by atoms with van der Waals surface area (Å²) in [4.78, 5) is 19.5. The molecule has 2 aliphatic rings. The van der Waals surface area contributed by atoms with Crippen LogP contribution in [0.1, 0.15) is 52.6 Å². The molecule has 1 fully saturated rings. The van der Waals surface area contributed by atoms with Gasteiger partial charge in [0.15, 0.2) is 0 Å². The topological polar surface area (TPSA) is 99.2 Å². The fourth-order valence-corrected chi connectivity index (χ4v) is 3.85. The van der Waals surface area contributed by atoms with Crippen molar-refractivity contribution in [2.75, 3.05) is 20.2 Å². The molecule has 0 saturated carbocycles.